The SMILES string of the molecule is C=CCN(C(=O)C1N([C@@H](CC)CO)C(=O)[C@@H]2[C@H](C(=O)OCC)[C@H]3SC12CC3Br)c1c(C)cccc1Cl. The molecule has 0 aliphatic carbocycles. The summed E-state index contributed by atoms with van der Waals surface area (Å²) in [4.78, 5) is 44.8. The Morgan fingerprint density at radius 1 is 1.44 bits per heavy atom. The fourth-order valence-electron chi connectivity index (χ4n) is 6.19. The van der Waals surface area contributed by atoms with Gasteiger partial charge in [-0.1, -0.05) is 52.7 Å². The van der Waals surface area contributed by atoms with E-state index >= 15 is 0 Å². The Kier molecular flexibility index (Phi) is 8.15. The molecule has 3 heterocycles. The smallest absolute Gasteiger partial charge is 0.310 e. The number of nitrogens with zero attached hydrogens (tertiary/aromatic N) is 2. The Bertz CT molecular complexity index is 1050. The Morgan fingerprint density at radius 3 is 2.75 bits per heavy atom. The average molecular weight is 600 g/mol. The monoisotopic (exact) mass is 598 g/mol. The van der Waals surface area contributed by atoms with Crippen LogP contribution in [0.25, 0.3) is 0 Å². The maximum Gasteiger partial charge on any atom is 0.310 e. The molecule has 0 saturated carbocycles. The number of fused-ring (bicyclic) bond motifs is 1. The van der Waals surface area contributed by atoms with Crippen LogP contribution in [-0.2, 0) is 19.1 Å². The number of benzene rings is 1. The van der Waals surface area contributed by atoms with Crippen LogP contribution in [0, 0.1) is 18.8 Å². The summed E-state index contributed by atoms with van der Waals surface area (Å²) in [5.41, 5.74) is 1.39. The molecule has 7 nitrogen and oxygen atoms in total. The molecule has 1 aromatic carbocycles. The molecule has 0 aromatic heterocycles. The van der Waals surface area contributed by atoms with E-state index in [1.165, 1.54) is 0 Å². The highest BCUT2D eigenvalue weighted by molar-refractivity contribution is 9.09. The van der Waals surface area contributed by atoms with Crippen molar-refractivity contribution in [2.24, 2.45) is 11.8 Å². The van der Waals surface area contributed by atoms with Crippen molar-refractivity contribution >= 4 is 62.8 Å². The number of halogens is 2. The number of hydrogen-bond donors (Lipinski definition) is 1. The van der Waals surface area contributed by atoms with E-state index in [1.54, 1.807) is 40.6 Å². The summed E-state index contributed by atoms with van der Waals surface area (Å²) in [5.74, 6) is -2.32. The van der Waals surface area contributed by atoms with E-state index in [9.17, 15) is 19.5 Å². The number of carbonyl (C=O) groups is 3. The van der Waals surface area contributed by atoms with Crippen molar-refractivity contribution in [2.45, 2.75) is 60.5 Å². The fraction of sp³-hybridized carbons (Fsp3) is 0.577. The van der Waals surface area contributed by atoms with E-state index in [0.717, 1.165) is 5.56 Å². The maximum atomic E-state index is 14.6. The second-order valence-electron chi connectivity index (χ2n) is 9.55. The third-order valence-corrected chi connectivity index (χ3v) is 11.2. The van der Waals surface area contributed by atoms with Crippen LogP contribution in [0.5, 0.6) is 0 Å². The number of aryl methyl sites for hydroxylation is 1. The molecule has 1 N–H and O–H groups in total. The summed E-state index contributed by atoms with van der Waals surface area (Å²) >= 11 is 11.9. The number of rotatable bonds is 9. The first-order valence-corrected chi connectivity index (χ1v) is 14.4. The van der Waals surface area contributed by atoms with Crippen molar-refractivity contribution in [3.8, 4) is 0 Å². The number of esters is 1. The number of alkyl halides is 1. The molecule has 3 fully saturated rings. The van der Waals surface area contributed by atoms with E-state index in [0.29, 0.717) is 23.6 Å². The van der Waals surface area contributed by atoms with Crippen LogP contribution in [0.3, 0.4) is 0 Å². The lowest BCUT2D eigenvalue weighted by molar-refractivity contribution is -0.154. The zero-order valence-electron chi connectivity index (χ0n) is 20.7. The summed E-state index contributed by atoms with van der Waals surface area (Å²) in [6, 6.07) is 4.01. The standard InChI is InChI=1S/C26H32BrClN2O5S/c1-5-11-29(20-14(4)9-8-10-17(20)28)24(33)22-26-12-16(27)21(36-26)18(25(34)35-7-3)19(26)23(32)30(22)15(6-2)13-31/h5,8-10,15-16,18-19,21-22,31H,1,6-7,11-13H2,2-4H3/t15-,16?,18-,19-,21-,22?,26?/m0/s1. The first-order chi connectivity index (χ1) is 17.2. The van der Waals surface area contributed by atoms with Gasteiger partial charge in [0, 0.05) is 16.6 Å². The number of aliphatic hydroxyl groups is 1. The summed E-state index contributed by atoms with van der Waals surface area (Å²) < 4.78 is 4.56. The maximum absolute atomic E-state index is 14.6. The van der Waals surface area contributed by atoms with Crippen LogP contribution in [0.4, 0.5) is 5.69 Å². The molecule has 2 bridgehead atoms. The number of ether oxygens (including phenoxy) is 1. The van der Waals surface area contributed by atoms with Gasteiger partial charge < -0.3 is 19.6 Å². The number of carbonyl (C=O) groups excluding carboxylic acids is 3. The fourth-order valence-corrected chi connectivity index (χ4v) is 10.1. The first-order valence-electron chi connectivity index (χ1n) is 12.3. The van der Waals surface area contributed by atoms with Gasteiger partial charge in [0.25, 0.3) is 5.91 Å². The summed E-state index contributed by atoms with van der Waals surface area (Å²) in [6.07, 6.45) is 2.65. The number of aliphatic hydroxyl groups excluding tert-OH is 1. The van der Waals surface area contributed by atoms with Gasteiger partial charge in [0.2, 0.25) is 5.91 Å². The molecule has 3 unspecified atom stereocenters. The quantitative estimate of drug-likeness (QED) is 0.263. The average Bonchev–Trinajstić information content (AvgIpc) is 3.43. The van der Waals surface area contributed by atoms with E-state index in [1.807, 2.05) is 26.0 Å². The number of amides is 2. The van der Waals surface area contributed by atoms with Gasteiger partial charge in [-0.2, -0.15) is 0 Å². The van der Waals surface area contributed by atoms with Crippen molar-refractivity contribution < 1.29 is 24.2 Å². The van der Waals surface area contributed by atoms with Crippen molar-refractivity contribution in [3.05, 3.63) is 41.4 Å². The molecule has 2 amide bonds. The van der Waals surface area contributed by atoms with Gasteiger partial charge in [-0.15, -0.1) is 18.3 Å². The number of thioether (sulfide) groups is 1. The predicted octanol–water partition coefficient (Wildman–Crippen LogP) is 3.97. The van der Waals surface area contributed by atoms with E-state index in [4.69, 9.17) is 16.3 Å². The molecule has 10 heteroatoms. The number of hydrogen-bond acceptors (Lipinski definition) is 6. The molecule has 36 heavy (non-hydrogen) atoms. The number of anilines is 1. The van der Waals surface area contributed by atoms with Gasteiger partial charge >= 0.3 is 5.97 Å². The Morgan fingerprint density at radius 2 is 2.17 bits per heavy atom. The molecule has 7 atom stereocenters. The summed E-state index contributed by atoms with van der Waals surface area (Å²) in [6.45, 7) is 9.48. The topological polar surface area (TPSA) is 87.2 Å². The lowest BCUT2D eigenvalue weighted by atomic mass is 9.71. The van der Waals surface area contributed by atoms with Crippen LogP contribution in [0.2, 0.25) is 5.02 Å². The molecule has 1 aromatic rings. The lowest BCUT2D eigenvalue weighted by Gasteiger charge is -2.40. The van der Waals surface area contributed by atoms with Crippen LogP contribution in [-0.4, -0.2) is 74.5 Å². The van der Waals surface area contributed by atoms with Gasteiger partial charge in [0.1, 0.15) is 6.04 Å². The largest absolute Gasteiger partial charge is 0.466 e. The second kappa shape index (κ2) is 10.7. The van der Waals surface area contributed by atoms with E-state index in [-0.39, 0.29) is 41.6 Å². The van der Waals surface area contributed by atoms with Crippen LogP contribution < -0.4 is 4.90 Å². The van der Waals surface area contributed by atoms with Gasteiger partial charge in [-0.3, -0.25) is 14.4 Å². The molecule has 3 saturated heterocycles. The Labute approximate surface area is 229 Å². The van der Waals surface area contributed by atoms with Crippen LogP contribution in [0.1, 0.15) is 32.3 Å². The highest BCUT2D eigenvalue weighted by atomic mass is 79.9. The Balaban J connectivity index is 1.87. The zero-order chi connectivity index (χ0) is 26.4. The second-order valence-corrected chi connectivity index (χ2v) is 12.7. The minimum absolute atomic E-state index is 0.0553. The van der Waals surface area contributed by atoms with Gasteiger partial charge in [0.05, 0.1) is 46.5 Å². The predicted molar refractivity (Wildman–Crippen MR) is 146 cm³/mol. The highest BCUT2D eigenvalue weighted by Crippen LogP contribution is 2.68. The van der Waals surface area contributed by atoms with E-state index in [2.05, 4.69) is 22.5 Å². The highest BCUT2D eigenvalue weighted by Gasteiger charge is 2.76. The minimum atomic E-state index is -0.878. The number of para-hydroxylation sites is 1. The third-order valence-electron chi connectivity index (χ3n) is 7.63. The van der Waals surface area contributed by atoms with Crippen molar-refractivity contribution in [1.29, 1.82) is 0 Å². The van der Waals surface area contributed by atoms with E-state index < -0.39 is 34.6 Å². The Hall–Kier alpha value is -1.55. The minimum Gasteiger partial charge on any atom is -0.466 e. The van der Waals surface area contributed by atoms with Crippen LogP contribution >= 0.6 is 39.3 Å². The van der Waals surface area contributed by atoms with Gasteiger partial charge in [0.15, 0.2) is 0 Å². The number of likely N-dealkylation sites (tertiary alicyclic amines) is 1. The van der Waals surface area contributed by atoms with Crippen molar-refractivity contribution in [1.82, 2.24) is 4.90 Å². The third kappa shape index (κ3) is 4.10. The molecule has 1 spiro atoms. The molecule has 3 aliphatic heterocycles. The summed E-state index contributed by atoms with van der Waals surface area (Å²) in [5, 5.41) is 10.5. The van der Waals surface area contributed by atoms with Crippen molar-refractivity contribution in [2.75, 3.05) is 24.7 Å². The molecule has 0 radical (unpaired) electrons. The molecule has 4 rings (SSSR count). The lowest BCUT2D eigenvalue weighted by Crippen LogP contribution is -2.58. The molecular formula is C26H32BrClN2O5S. The van der Waals surface area contributed by atoms with Gasteiger partial charge in [-0.25, -0.2) is 0 Å². The zero-order valence-corrected chi connectivity index (χ0v) is 23.8. The molecule has 3 aliphatic rings. The van der Waals surface area contributed by atoms with Crippen LogP contribution in [0.15, 0.2) is 30.9 Å². The molecule has 196 valence electrons. The normalized spacial score (nSPS) is 31.3. The molecular weight excluding hydrogens is 568 g/mol. The summed E-state index contributed by atoms with van der Waals surface area (Å²) in [7, 11) is 0. The van der Waals surface area contributed by atoms with Gasteiger partial charge in [-0.05, 0) is 38.3 Å². The first kappa shape index (κ1) is 27.5. The van der Waals surface area contributed by atoms with Crippen molar-refractivity contribution in [3.63, 3.8) is 0 Å².